The van der Waals surface area contributed by atoms with Gasteiger partial charge < -0.3 is 10.1 Å². The average Bonchev–Trinajstić information content (AvgIpc) is 2.45. The lowest BCUT2D eigenvalue weighted by atomic mass is 10.2. The van der Waals surface area contributed by atoms with Crippen LogP contribution in [0.2, 0.25) is 0 Å². The summed E-state index contributed by atoms with van der Waals surface area (Å²) in [7, 11) is 0. The molecule has 0 bridgehead atoms. The molecule has 0 fully saturated rings. The zero-order chi connectivity index (χ0) is 14.4. The fourth-order valence-electron chi connectivity index (χ4n) is 1.75. The van der Waals surface area contributed by atoms with Crippen LogP contribution in [-0.2, 0) is 13.2 Å². The van der Waals surface area contributed by atoms with Gasteiger partial charge in [0.05, 0.1) is 6.20 Å². The molecule has 0 aliphatic rings. The molecule has 0 spiro atoms. The van der Waals surface area contributed by atoms with Crippen LogP contribution in [0.1, 0.15) is 18.1 Å². The molecule has 2 rings (SSSR count). The van der Waals surface area contributed by atoms with E-state index in [1.807, 2.05) is 31.2 Å². The number of nitrogens with one attached hydrogen (secondary N) is 1. The molecule has 0 unspecified atom stereocenters. The second-order valence-electron chi connectivity index (χ2n) is 4.28. The molecule has 0 saturated carbocycles. The van der Waals surface area contributed by atoms with Gasteiger partial charge in [0.25, 0.3) is 0 Å². The molecular weight excluding hydrogens is 323 g/mol. The Labute approximate surface area is 126 Å². The Hall–Kier alpha value is -1.46. The number of halogens is 2. The summed E-state index contributed by atoms with van der Waals surface area (Å²) in [5.74, 6) is 0.106. The summed E-state index contributed by atoms with van der Waals surface area (Å²) in [5.41, 5.74) is 1.74. The Kier molecular flexibility index (Phi) is 5.49. The van der Waals surface area contributed by atoms with E-state index in [2.05, 4.69) is 26.2 Å². The first kappa shape index (κ1) is 14.9. The summed E-state index contributed by atoms with van der Waals surface area (Å²) in [6, 6.07) is 9.26. The summed E-state index contributed by atoms with van der Waals surface area (Å²) < 4.78 is 19.9. The minimum absolute atomic E-state index is 0.355. The molecule has 0 aliphatic heterocycles. The quantitative estimate of drug-likeness (QED) is 0.872. The highest BCUT2D eigenvalue weighted by Gasteiger charge is 2.08. The van der Waals surface area contributed by atoms with Crippen molar-refractivity contribution in [1.29, 1.82) is 0 Å². The van der Waals surface area contributed by atoms with E-state index in [4.69, 9.17) is 4.74 Å². The molecule has 0 atom stereocenters. The lowest BCUT2D eigenvalue weighted by molar-refractivity contribution is 0.288. The maximum Gasteiger partial charge on any atom is 0.218 e. The maximum atomic E-state index is 13.2. The minimum atomic E-state index is -0.355. The normalized spacial score (nSPS) is 10.6. The Bertz CT molecular complexity index is 578. The second kappa shape index (κ2) is 7.36. The van der Waals surface area contributed by atoms with Crippen LogP contribution >= 0.6 is 15.9 Å². The predicted octanol–water partition coefficient (Wildman–Crippen LogP) is 3.67. The van der Waals surface area contributed by atoms with Gasteiger partial charge in [0.15, 0.2) is 0 Å². The van der Waals surface area contributed by atoms with Gasteiger partial charge in [-0.05, 0) is 18.7 Å². The predicted molar refractivity (Wildman–Crippen MR) is 80.0 cm³/mol. The van der Waals surface area contributed by atoms with Gasteiger partial charge in [0.2, 0.25) is 5.88 Å². The highest BCUT2D eigenvalue weighted by molar-refractivity contribution is 9.10. The minimum Gasteiger partial charge on any atom is -0.473 e. The molecule has 1 aromatic carbocycles. The van der Waals surface area contributed by atoms with Crippen molar-refractivity contribution in [3.8, 4) is 5.88 Å². The first-order valence-corrected chi connectivity index (χ1v) is 7.21. The zero-order valence-electron chi connectivity index (χ0n) is 11.2. The summed E-state index contributed by atoms with van der Waals surface area (Å²) in [4.78, 5) is 4.02. The van der Waals surface area contributed by atoms with Crippen molar-refractivity contribution in [1.82, 2.24) is 10.3 Å². The van der Waals surface area contributed by atoms with Crippen LogP contribution in [0.25, 0.3) is 0 Å². The van der Waals surface area contributed by atoms with Crippen LogP contribution in [0.15, 0.2) is 41.0 Å². The summed E-state index contributed by atoms with van der Waals surface area (Å²) >= 11 is 3.47. The zero-order valence-corrected chi connectivity index (χ0v) is 12.8. The van der Waals surface area contributed by atoms with Crippen molar-refractivity contribution >= 4 is 15.9 Å². The molecule has 0 radical (unpaired) electrons. The van der Waals surface area contributed by atoms with E-state index < -0.39 is 0 Å². The van der Waals surface area contributed by atoms with Gasteiger partial charge >= 0.3 is 0 Å². The van der Waals surface area contributed by atoms with Gasteiger partial charge in [0.1, 0.15) is 12.4 Å². The number of ether oxygens (including phenoxy) is 1. The molecule has 1 heterocycles. The van der Waals surface area contributed by atoms with E-state index in [-0.39, 0.29) is 5.82 Å². The van der Waals surface area contributed by atoms with E-state index in [0.717, 1.165) is 22.1 Å². The smallest absolute Gasteiger partial charge is 0.218 e. The summed E-state index contributed by atoms with van der Waals surface area (Å²) in [5, 5.41) is 3.15. The van der Waals surface area contributed by atoms with Crippen molar-refractivity contribution in [2.24, 2.45) is 0 Å². The van der Waals surface area contributed by atoms with E-state index in [0.29, 0.717) is 19.0 Å². The lowest BCUT2D eigenvalue weighted by Crippen LogP contribution is -2.14. The van der Waals surface area contributed by atoms with Gasteiger partial charge in [-0.3, -0.25) is 0 Å². The summed E-state index contributed by atoms with van der Waals surface area (Å²) in [6.07, 6.45) is 1.17. The van der Waals surface area contributed by atoms with E-state index >= 15 is 0 Å². The number of pyridine rings is 1. The van der Waals surface area contributed by atoms with Crippen molar-refractivity contribution in [2.75, 3.05) is 6.54 Å². The molecule has 2 aromatic rings. The van der Waals surface area contributed by atoms with Gasteiger partial charge in [-0.15, -0.1) is 0 Å². The van der Waals surface area contributed by atoms with Crippen LogP contribution in [0.5, 0.6) is 5.88 Å². The van der Waals surface area contributed by atoms with E-state index in [1.54, 1.807) is 0 Å². The Morgan fingerprint density at radius 2 is 2.10 bits per heavy atom. The summed E-state index contributed by atoms with van der Waals surface area (Å²) in [6.45, 7) is 3.72. The van der Waals surface area contributed by atoms with Crippen LogP contribution in [0.3, 0.4) is 0 Å². The molecule has 1 N–H and O–H groups in total. The molecule has 20 heavy (non-hydrogen) atoms. The highest BCUT2D eigenvalue weighted by atomic mass is 79.9. The number of rotatable bonds is 6. The monoisotopic (exact) mass is 338 g/mol. The number of hydrogen-bond donors (Lipinski definition) is 1. The van der Waals surface area contributed by atoms with Gasteiger partial charge in [-0.25, -0.2) is 9.37 Å². The van der Waals surface area contributed by atoms with Crippen molar-refractivity contribution in [2.45, 2.75) is 20.1 Å². The van der Waals surface area contributed by atoms with Crippen LogP contribution in [0, 0.1) is 5.82 Å². The van der Waals surface area contributed by atoms with Gasteiger partial charge in [-0.1, -0.05) is 41.1 Å². The molecule has 1 aromatic heterocycles. The molecule has 106 valence electrons. The molecule has 0 saturated heterocycles. The molecule has 0 aliphatic carbocycles. The fourth-order valence-corrected chi connectivity index (χ4v) is 2.15. The fraction of sp³-hybridized carbons (Fsp3) is 0.267. The number of aromatic nitrogens is 1. The van der Waals surface area contributed by atoms with Crippen molar-refractivity contribution in [3.05, 3.63) is 57.9 Å². The van der Waals surface area contributed by atoms with Crippen molar-refractivity contribution in [3.63, 3.8) is 0 Å². The first-order valence-electron chi connectivity index (χ1n) is 6.42. The average molecular weight is 339 g/mol. The van der Waals surface area contributed by atoms with Crippen LogP contribution in [-0.4, -0.2) is 11.5 Å². The maximum absolute atomic E-state index is 13.2. The van der Waals surface area contributed by atoms with Crippen LogP contribution in [0.4, 0.5) is 4.39 Å². The van der Waals surface area contributed by atoms with E-state index in [1.165, 1.54) is 12.3 Å². The highest BCUT2D eigenvalue weighted by Crippen LogP contribution is 2.21. The second-order valence-corrected chi connectivity index (χ2v) is 5.13. The SMILES string of the molecule is CCNCc1cc(F)cnc1OCc1ccccc1Br. The molecule has 5 heteroatoms. The van der Waals surface area contributed by atoms with Gasteiger partial charge in [-0.2, -0.15) is 0 Å². The van der Waals surface area contributed by atoms with Gasteiger partial charge in [0, 0.05) is 22.1 Å². The van der Waals surface area contributed by atoms with Crippen molar-refractivity contribution < 1.29 is 9.13 Å². The van der Waals surface area contributed by atoms with Crippen LogP contribution < -0.4 is 10.1 Å². The molecule has 3 nitrogen and oxygen atoms in total. The Balaban J connectivity index is 2.10. The number of hydrogen-bond acceptors (Lipinski definition) is 3. The standard InChI is InChI=1S/C15H16BrFN2O/c1-2-18-8-12-7-13(17)9-19-15(12)20-10-11-5-3-4-6-14(11)16/h3-7,9,18H,2,8,10H2,1H3. The largest absolute Gasteiger partial charge is 0.473 e. The number of nitrogens with zero attached hydrogens (tertiary/aromatic N) is 1. The number of benzene rings is 1. The topological polar surface area (TPSA) is 34.2 Å². The third kappa shape index (κ3) is 4.02. The van der Waals surface area contributed by atoms with E-state index in [9.17, 15) is 4.39 Å². The third-order valence-electron chi connectivity index (χ3n) is 2.78. The Morgan fingerprint density at radius 1 is 1.30 bits per heavy atom. The molecule has 0 amide bonds. The Morgan fingerprint density at radius 3 is 2.85 bits per heavy atom. The molecular formula is C15H16BrFN2O. The lowest BCUT2D eigenvalue weighted by Gasteiger charge is -2.11. The third-order valence-corrected chi connectivity index (χ3v) is 3.55. The first-order chi connectivity index (χ1) is 9.70.